The van der Waals surface area contributed by atoms with E-state index in [-0.39, 0.29) is 22.8 Å². The van der Waals surface area contributed by atoms with E-state index in [9.17, 15) is 15.2 Å². The van der Waals surface area contributed by atoms with Crippen molar-refractivity contribution in [2.24, 2.45) is 5.92 Å². The van der Waals surface area contributed by atoms with Crippen LogP contribution in [0.5, 0.6) is 0 Å². The second-order valence-electron chi connectivity index (χ2n) is 6.33. The second-order valence-corrected chi connectivity index (χ2v) is 6.33. The largest absolute Gasteiger partial charge is 0.393 e. The van der Waals surface area contributed by atoms with Gasteiger partial charge in [0, 0.05) is 18.2 Å². The number of benzene rings is 1. The zero-order valence-corrected chi connectivity index (χ0v) is 12.1. The van der Waals surface area contributed by atoms with Crippen LogP contribution >= 0.6 is 0 Å². The summed E-state index contributed by atoms with van der Waals surface area (Å²) >= 11 is 0. The summed E-state index contributed by atoms with van der Waals surface area (Å²) in [6, 6.07) is 5.46. The lowest BCUT2D eigenvalue weighted by molar-refractivity contribution is -0.385. The van der Waals surface area contributed by atoms with Gasteiger partial charge in [0.2, 0.25) is 0 Å². The minimum atomic E-state index is -0.320. The van der Waals surface area contributed by atoms with E-state index in [0.29, 0.717) is 5.92 Å². The zero-order valence-electron chi connectivity index (χ0n) is 12.1. The molecule has 5 heteroatoms. The van der Waals surface area contributed by atoms with Crippen LogP contribution in [0.3, 0.4) is 0 Å². The maximum absolute atomic E-state index is 11.0. The van der Waals surface area contributed by atoms with E-state index in [0.717, 1.165) is 50.6 Å². The van der Waals surface area contributed by atoms with Crippen molar-refractivity contribution in [3.8, 4) is 0 Å². The third-order valence-electron chi connectivity index (χ3n) is 4.82. The molecule has 0 bridgehead atoms. The van der Waals surface area contributed by atoms with Gasteiger partial charge in [-0.05, 0) is 62.1 Å². The Labute approximate surface area is 124 Å². The van der Waals surface area contributed by atoms with E-state index in [4.69, 9.17) is 0 Å². The molecule has 0 heterocycles. The molecule has 1 aromatic rings. The molecule has 0 amide bonds. The molecule has 3 unspecified atom stereocenters. The molecule has 0 spiro atoms. The molecule has 5 nitrogen and oxygen atoms in total. The molecular weight excluding hydrogens is 268 g/mol. The van der Waals surface area contributed by atoms with E-state index in [1.54, 1.807) is 12.1 Å². The van der Waals surface area contributed by atoms with Gasteiger partial charge in [0.1, 0.15) is 0 Å². The molecule has 2 aliphatic carbocycles. The van der Waals surface area contributed by atoms with Crippen molar-refractivity contribution >= 4 is 5.69 Å². The van der Waals surface area contributed by atoms with E-state index >= 15 is 0 Å². The first-order valence-electron chi connectivity index (χ1n) is 7.82. The molecule has 0 radical (unpaired) electrons. The van der Waals surface area contributed by atoms with E-state index in [2.05, 4.69) is 5.32 Å². The summed E-state index contributed by atoms with van der Waals surface area (Å²) < 4.78 is 0. The smallest absolute Gasteiger partial charge is 0.269 e. The van der Waals surface area contributed by atoms with Crippen LogP contribution in [0, 0.1) is 16.0 Å². The normalized spacial score (nSPS) is 28.3. The molecule has 21 heavy (non-hydrogen) atoms. The van der Waals surface area contributed by atoms with Gasteiger partial charge in [-0.1, -0.05) is 6.07 Å². The van der Waals surface area contributed by atoms with Gasteiger partial charge in [0.05, 0.1) is 11.0 Å². The number of aliphatic hydroxyl groups excluding tert-OH is 1. The predicted molar refractivity (Wildman–Crippen MR) is 80.1 cm³/mol. The number of hydrogen-bond donors (Lipinski definition) is 2. The van der Waals surface area contributed by atoms with Gasteiger partial charge in [0.25, 0.3) is 5.69 Å². The van der Waals surface area contributed by atoms with Gasteiger partial charge in [-0.3, -0.25) is 10.1 Å². The Hall–Kier alpha value is -1.46. The highest BCUT2D eigenvalue weighted by Crippen LogP contribution is 2.33. The molecule has 1 fully saturated rings. The number of nitrogens with zero attached hydrogens (tertiary/aromatic N) is 1. The number of aryl methyl sites for hydroxylation is 1. The molecule has 3 atom stereocenters. The Kier molecular flexibility index (Phi) is 4.22. The SMILES string of the molecule is O=[N+]([O-])c1ccc2c(c1)C(NCC1CCC(O)C1)CCC2. The number of nitro groups is 1. The van der Waals surface area contributed by atoms with Crippen LogP contribution in [-0.4, -0.2) is 22.7 Å². The lowest BCUT2D eigenvalue weighted by atomic mass is 9.87. The third-order valence-corrected chi connectivity index (χ3v) is 4.82. The highest BCUT2D eigenvalue weighted by molar-refractivity contribution is 5.42. The number of nitro benzene ring substituents is 1. The van der Waals surface area contributed by atoms with Crippen LogP contribution in [0.4, 0.5) is 5.69 Å². The first-order valence-corrected chi connectivity index (χ1v) is 7.82. The Morgan fingerprint density at radius 1 is 1.33 bits per heavy atom. The fourth-order valence-electron chi connectivity index (χ4n) is 3.65. The number of non-ortho nitro benzene ring substituents is 1. The fourth-order valence-corrected chi connectivity index (χ4v) is 3.65. The van der Waals surface area contributed by atoms with Crippen molar-refractivity contribution < 1.29 is 10.0 Å². The number of rotatable bonds is 4. The summed E-state index contributed by atoms with van der Waals surface area (Å²) in [5.41, 5.74) is 2.50. The number of fused-ring (bicyclic) bond motifs is 1. The van der Waals surface area contributed by atoms with Crippen molar-refractivity contribution in [3.05, 3.63) is 39.4 Å². The molecule has 0 saturated heterocycles. The highest BCUT2D eigenvalue weighted by atomic mass is 16.6. The first-order chi connectivity index (χ1) is 10.1. The quantitative estimate of drug-likeness (QED) is 0.660. The van der Waals surface area contributed by atoms with Crippen LogP contribution in [0.25, 0.3) is 0 Å². The fraction of sp³-hybridized carbons (Fsp3) is 0.625. The summed E-state index contributed by atoms with van der Waals surface area (Å²) in [4.78, 5) is 10.6. The van der Waals surface area contributed by atoms with Crippen LogP contribution < -0.4 is 5.32 Å². The molecule has 1 saturated carbocycles. The minimum Gasteiger partial charge on any atom is -0.393 e. The second kappa shape index (κ2) is 6.12. The van der Waals surface area contributed by atoms with Gasteiger partial charge in [-0.15, -0.1) is 0 Å². The molecule has 1 aromatic carbocycles. The predicted octanol–water partition coefficient (Wildman–Crippen LogP) is 2.72. The zero-order chi connectivity index (χ0) is 14.8. The minimum absolute atomic E-state index is 0.142. The van der Waals surface area contributed by atoms with E-state index in [1.165, 1.54) is 5.56 Å². The number of hydrogen-bond acceptors (Lipinski definition) is 4. The van der Waals surface area contributed by atoms with Gasteiger partial charge in [0.15, 0.2) is 0 Å². The number of aliphatic hydroxyl groups is 1. The lowest BCUT2D eigenvalue weighted by Gasteiger charge is -2.27. The molecule has 114 valence electrons. The molecular formula is C16H22N2O3. The average Bonchev–Trinajstić information content (AvgIpc) is 2.90. The molecule has 0 aliphatic heterocycles. The Morgan fingerprint density at radius 3 is 2.90 bits per heavy atom. The van der Waals surface area contributed by atoms with E-state index in [1.807, 2.05) is 6.07 Å². The van der Waals surface area contributed by atoms with E-state index < -0.39 is 0 Å². The average molecular weight is 290 g/mol. The van der Waals surface area contributed by atoms with Gasteiger partial charge < -0.3 is 10.4 Å². The third kappa shape index (κ3) is 3.24. The standard InChI is InChI=1S/C16H22N2O3/c19-14-7-4-11(8-14)10-17-16-3-1-2-12-5-6-13(18(20)21)9-15(12)16/h5-6,9,11,14,16-17,19H,1-4,7-8,10H2. The number of nitrogens with one attached hydrogen (secondary N) is 1. The highest BCUT2D eigenvalue weighted by Gasteiger charge is 2.26. The topological polar surface area (TPSA) is 75.4 Å². The van der Waals surface area contributed by atoms with Crippen LogP contribution in [0.15, 0.2) is 18.2 Å². The first kappa shape index (κ1) is 14.5. The van der Waals surface area contributed by atoms with Crippen molar-refractivity contribution in [2.75, 3.05) is 6.54 Å². The Bertz CT molecular complexity index is 532. The van der Waals surface area contributed by atoms with Crippen molar-refractivity contribution in [1.82, 2.24) is 5.32 Å². The van der Waals surface area contributed by atoms with Crippen LogP contribution in [-0.2, 0) is 6.42 Å². The molecule has 0 aromatic heterocycles. The summed E-state index contributed by atoms with van der Waals surface area (Å²) in [6.45, 7) is 0.893. The summed E-state index contributed by atoms with van der Waals surface area (Å²) in [5, 5.41) is 24.1. The van der Waals surface area contributed by atoms with Gasteiger partial charge in [-0.25, -0.2) is 0 Å². The van der Waals surface area contributed by atoms with Crippen molar-refractivity contribution in [2.45, 2.75) is 50.7 Å². The monoisotopic (exact) mass is 290 g/mol. The summed E-state index contributed by atoms with van der Waals surface area (Å²) in [7, 11) is 0. The Balaban J connectivity index is 1.70. The van der Waals surface area contributed by atoms with Gasteiger partial charge in [-0.2, -0.15) is 0 Å². The van der Waals surface area contributed by atoms with Crippen molar-refractivity contribution in [3.63, 3.8) is 0 Å². The summed E-state index contributed by atoms with van der Waals surface area (Å²) in [5.74, 6) is 0.532. The molecule has 2 aliphatic rings. The van der Waals surface area contributed by atoms with Gasteiger partial charge >= 0.3 is 0 Å². The lowest BCUT2D eigenvalue weighted by Crippen LogP contribution is -2.29. The Morgan fingerprint density at radius 2 is 2.19 bits per heavy atom. The molecule has 3 rings (SSSR count). The summed E-state index contributed by atoms with van der Waals surface area (Å²) in [6.07, 6.45) is 5.87. The maximum Gasteiger partial charge on any atom is 0.269 e. The maximum atomic E-state index is 11.0. The van der Waals surface area contributed by atoms with Crippen molar-refractivity contribution in [1.29, 1.82) is 0 Å². The molecule has 2 N–H and O–H groups in total. The van der Waals surface area contributed by atoms with Crippen LogP contribution in [0.2, 0.25) is 0 Å². The van der Waals surface area contributed by atoms with Crippen LogP contribution in [0.1, 0.15) is 49.3 Å².